The first kappa shape index (κ1) is 27.4. The Kier molecular flexibility index (Phi) is 6.22. The highest BCUT2D eigenvalue weighted by molar-refractivity contribution is 7.25. The van der Waals surface area contributed by atoms with Gasteiger partial charge in [0.1, 0.15) is 16.2 Å². The fourth-order valence-corrected chi connectivity index (χ4v) is 9.02. The quantitative estimate of drug-likeness (QED) is 0.186. The van der Waals surface area contributed by atoms with E-state index in [1.54, 1.807) is 11.3 Å². The molecule has 3 heterocycles. The number of thiophene rings is 1. The van der Waals surface area contributed by atoms with E-state index in [4.69, 9.17) is 9.40 Å². The highest BCUT2D eigenvalue weighted by atomic mass is 32.1. The van der Waals surface area contributed by atoms with Crippen molar-refractivity contribution in [1.82, 2.24) is 4.98 Å². The third kappa shape index (κ3) is 4.43. The van der Waals surface area contributed by atoms with Gasteiger partial charge in [-0.3, -0.25) is 0 Å². The van der Waals surface area contributed by atoms with Crippen LogP contribution < -0.4 is 4.90 Å². The van der Waals surface area contributed by atoms with Crippen LogP contribution in [0, 0.1) is 0 Å². The van der Waals surface area contributed by atoms with Crippen molar-refractivity contribution in [2.45, 2.75) is 0 Å². The zero-order valence-electron chi connectivity index (χ0n) is 25.6. The van der Waals surface area contributed by atoms with Crippen molar-refractivity contribution in [3.05, 3.63) is 158 Å². The van der Waals surface area contributed by atoms with Crippen molar-refractivity contribution in [2.75, 3.05) is 4.90 Å². The molecule has 0 aliphatic rings. The van der Waals surface area contributed by atoms with Crippen LogP contribution in [0.25, 0.3) is 74.0 Å². The maximum absolute atomic E-state index is 6.34. The monoisotopic (exact) mass is 650 g/mol. The molecule has 0 spiro atoms. The van der Waals surface area contributed by atoms with Gasteiger partial charge in [-0.1, -0.05) is 84.9 Å². The summed E-state index contributed by atoms with van der Waals surface area (Å²) in [6.07, 6.45) is 0. The van der Waals surface area contributed by atoms with Crippen LogP contribution in [-0.2, 0) is 0 Å². The van der Waals surface area contributed by atoms with E-state index in [2.05, 4.69) is 157 Å². The van der Waals surface area contributed by atoms with E-state index in [0.29, 0.717) is 0 Å². The third-order valence-corrected chi connectivity index (χ3v) is 11.4. The highest BCUT2D eigenvalue weighted by Crippen LogP contribution is 2.43. The number of hydrogen-bond donors (Lipinski definition) is 0. The first-order valence-corrected chi connectivity index (χ1v) is 17.6. The number of para-hydroxylation sites is 1. The van der Waals surface area contributed by atoms with Gasteiger partial charge in [0.25, 0.3) is 0 Å². The number of hydrogen-bond acceptors (Lipinski definition) is 5. The molecule has 226 valence electrons. The van der Waals surface area contributed by atoms with Gasteiger partial charge in [-0.25, -0.2) is 4.98 Å². The Balaban J connectivity index is 1.07. The van der Waals surface area contributed by atoms with Crippen LogP contribution in [0.15, 0.2) is 162 Å². The summed E-state index contributed by atoms with van der Waals surface area (Å²) in [5.41, 5.74) is 9.59. The molecule has 48 heavy (non-hydrogen) atoms. The highest BCUT2D eigenvalue weighted by Gasteiger charge is 2.17. The Morgan fingerprint density at radius 2 is 1.15 bits per heavy atom. The minimum Gasteiger partial charge on any atom is -0.456 e. The summed E-state index contributed by atoms with van der Waals surface area (Å²) in [6.45, 7) is 0. The molecule has 0 radical (unpaired) electrons. The summed E-state index contributed by atoms with van der Waals surface area (Å²) >= 11 is 3.58. The number of benzene rings is 7. The number of rotatable bonds is 5. The van der Waals surface area contributed by atoms with Crippen molar-refractivity contribution in [2.24, 2.45) is 0 Å². The number of thiazole rings is 1. The van der Waals surface area contributed by atoms with Crippen LogP contribution >= 0.6 is 22.7 Å². The molecule has 0 saturated carbocycles. The Bertz CT molecular complexity index is 2780. The lowest BCUT2D eigenvalue weighted by molar-refractivity contribution is 0.669. The molecule has 0 bridgehead atoms. The van der Waals surface area contributed by atoms with E-state index in [1.807, 2.05) is 17.4 Å². The fourth-order valence-electron chi connectivity index (χ4n) is 6.81. The number of fused-ring (bicyclic) bond motifs is 8. The second-order valence-electron chi connectivity index (χ2n) is 12.0. The van der Waals surface area contributed by atoms with Gasteiger partial charge in [0.05, 0.1) is 10.2 Å². The van der Waals surface area contributed by atoms with E-state index in [0.717, 1.165) is 70.9 Å². The lowest BCUT2D eigenvalue weighted by Crippen LogP contribution is -2.09. The normalized spacial score (nSPS) is 11.8. The Hall–Kier alpha value is -5.75. The molecule has 0 saturated heterocycles. The number of aromatic nitrogens is 1. The van der Waals surface area contributed by atoms with E-state index in [-0.39, 0.29) is 0 Å². The van der Waals surface area contributed by atoms with Crippen molar-refractivity contribution in [3.63, 3.8) is 0 Å². The summed E-state index contributed by atoms with van der Waals surface area (Å²) in [5, 5.41) is 5.86. The van der Waals surface area contributed by atoms with Gasteiger partial charge in [0.15, 0.2) is 0 Å². The Morgan fingerprint density at radius 3 is 2.00 bits per heavy atom. The van der Waals surface area contributed by atoms with E-state index < -0.39 is 0 Å². The van der Waals surface area contributed by atoms with Crippen LogP contribution in [0.3, 0.4) is 0 Å². The zero-order valence-corrected chi connectivity index (χ0v) is 27.3. The van der Waals surface area contributed by atoms with Crippen LogP contribution in [0.5, 0.6) is 0 Å². The maximum atomic E-state index is 6.34. The van der Waals surface area contributed by atoms with Crippen LogP contribution in [0.2, 0.25) is 0 Å². The van der Waals surface area contributed by atoms with Crippen LogP contribution in [0.1, 0.15) is 0 Å². The van der Waals surface area contributed by atoms with E-state index in [9.17, 15) is 0 Å². The molecule has 0 aliphatic carbocycles. The first-order chi connectivity index (χ1) is 23.8. The van der Waals surface area contributed by atoms with Gasteiger partial charge < -0.3 is 9.32 Å². The Morgan fingerprint density at radius 1 is 0.458 bits per heavy atom. The maximum Gasteiger partial charge on any atom is 0.137 e. The summed E-state index contributed by atoms with van der Waals surface area (Å²) in [4.78, 5) is 7.32. The molecule has 7 aromatic carbocycles. The van der Waals surface area contributed by atoms with Gasteiger partial charge in [-0.2, -0.15) is 0 Å². The molecule has 10 rings (SSSR count). The predicted molar refractivity (Wildman–Crippen MR) is 205 cm³/mol. The molecule has 3 nitrogen and oxygen atoms in total. The average molecular weight is 651 g/mol. The molecule has 3 aromatic heterocycles. The number of anilines is 3. The van der Waals surface area contributed by atoms with Crippen LogP contribution in [0.4, 0.5) is 17.1 Å². The SMILES string of the molecule is c1ccc(-c2nc3ccc4oc5ccc(-c6ccc(N(c7ccccc7)c7ccc8sc9ccccc9c8c7)cc6)cc5c4c3s2)cc1. The summed E-state index contributed by atoms with van der Waals surface area (Å²) in [6, 6.07) is 56.0. The first-order valence-electron chi connectivity index (χ1n) is 15.9. The van der Waals surface area contributed by atoms with Crippen LogP contribution in [-0.4, -0.2) is 4.98 Å². The molecule has 0 fully saturated rings. The standard InChI is InChI=1S/C43H26N2OS2/c1-3-9-28(10-4-1)43-44-36-21-23-38-41(42(36)48-43)35-25-29(17-22-37(35)46-38)27-15-18-31(19-16-27)45(30-11-5-2-6-12-30)32-20-24-40-34(26-32)33-13-7-8-14-39(33)47-40/h1-26H. The number of nitrogens with zero attached hydrogens (tertiary/aromatic N) is 2. The molecular weight excluding hydrogens is 625 g/mol. The van der Waals surface area contributed by atoms with Crippen molar-refractivity contribution in [3.8, 4) is 21.7 Å². The van der Waals surface area contributed by atoms with Crippen molar-refractivity contribution in [1.29, 1.82) is 0 Å². The molecule has 0 amide bonds. The smallest absolute Gasteiger partial charge is 0.137 e. The third-order valence-electron chi connectivity index (χ3n) is 9.10. The molecule has 10 aromatic rings. The molecule has 0 N–H and O–H groups in total. The molecule has 0 atom stereocenters. The largest absolute Gasteiger partial charge is 0.456 e. The van der Waals surface area contributed by atoms with E-state index in [1.165, 1.54) is 20.2 Å². The molecule has 0 aliphatic heterocycles. The lowest BCUT2D eigenvalue weighted by atomic mass is 10.0. The predicted octanol–water partition coefficient (Wildman–Crippen LogP) is 13.4. The lowest BCUT2D eigenvalue weighted by Gasteiger charge is -2.25. The molecule has 5 heteroatoms. The molecule has 0 unspecified atom stereocenters. The second-order valence-corrected chi connectivity index (χ2v) is 14.1. The average Bonchev–Trinajstić information content (AvgIpc) is 3.86. The van der Waals surface area contributed by atoms with Crippen molar-refractivity contribution >= 4 is 92.1 Å². The Labute approximate surface area is 284 Å². The van der Waals surface area contributed by atoms with Gasteiger partial charge in [-0.15, -0.1) is 22.7 Å². The van der Waals surface area contributed by atoms with Crippen molar-refractivity contribution < 1.29 is 4.42 Å². The topological polar surface area (TPSA) is 29.3 Å². The van der Waals surface area contributed by atoms with Gasteiger partial charge in [0.2, 0.25) is 0 Å². The summed E-state index contributed by atoms with van der Waals surface area (Å²) < 4.78 is 10.1. The zero-order chi connectivity index (χ0) is 31.6. The van der Waals surface area contributed by atoms with Gasteiger partial charge in [-0.05, 0) is 83.9 Å². The molecular formula is C43H26N2OS2. The fraction of sp³-hybridized carbons (Fsp3) is 0. The minimum atomic E-state index is 0.888. The van der Waals surface area contributed by atoms with E-state index >= 15 is 0 Å². The summed E-state index contributed by atoms with van der Waals surface area (Å²) in [7, 11) is 0. The summed E-state index contributed by atoms with van der Waals surface area (Å²) in [5.74, 6) is 0. The second kappa shape index (κ2) is 10.9. The van der Waals surface area contributed by atoms with Gasteiger partial charge >= 0.3 is 0 Å². The number of furan rings is 1. The minimum absolute atomic E-state index is 0.888. The van der Waals surface area contributed by atoms with Gasteiger partial charge in [0, 0.05) is 53.6 Å².